The Morgan fingerprint density at radius 1 is 1.20 bits per heavy atom. The number of rotatable bonds is 4. The third-order valence-electron chi connectivity index (χ3n) is 4.84. The Morgan fingerprint density at radius 3 is 2.55 bits per heavy atom. The van der Waals surface area contributed by atoms with Gasteiger partial charge in [-0.25, -0.2) is 0 Å². The lowest BCUT2D eigenvalue weighted by Gasteiger charge is -2.35. The quantitative estimate of drug-likeness (QED) is 0.858. The summed E-state index contributed by atoms with van der Waals surface area (Å²) in [6.45, 7) is 9.48. The molecule has 2 aliphatic rings. The van der Waals surface area contributed by atoms with Gasteiger partial charge in [-0.2, -0.15) is 0 Å². The van der Waals surface area contributed by atoms with Gasteiger partial charge in [0.25, 0.3) is 0 Å². The largest absolute Gasteiger partial charge is 0.378 e. The molecule has 1 heterocycles. The van der Waals surface area contributed by atoms with Gasteiger partial charge >= 0.3 is 0 Å². The molecule has 1 saturated heterocycles. The number of carbonyl (C=O) groups is 1. The van der Waals surface area contributed by atoms with Gasteiger partial charge in [0.2, 0.25) is 5.91 Å². The van der Waals surface area contributed by atoms with E-state index in [1.54, 1.807) is 0 Å². The fourth-order valence-corrected chi connectivity index (χ4v) is 3.47. The molecule has 4 heteroatoms. The molecule has 116 valence electrons. The second-order valence-corrected chi connectivity index (χ2v) is 6.69. The molecule has 0 radical (unpaired) electrons. The van der Waals surface area contributed by atoms with Crippen molar-refractivity contribution in [2.24, 2.45) is 11.8 Å². The maximum absolute atomic E-state index is 12.4. The molecule has 0 aromatic rings. The summed E-state index contributed by atoms with van der Waals surface area (Å²) in [4.78, 5) is 14.3. The standard InChI is InChI=1S/C16H30N2O2/c1-12(2)14-5-4-6-15(11-14)17-13(3)16(19)18-7-9-20-10-8-18/h12-15,17H,4-11H2,1-3H3. The molecule has 2 fully saturated rings. The van der Waals surface area contributed by atoms with Crippen LogP contribution in [0.15, 0.2) is 0 Å². The lowest BCUT2D eigenvalue weighted by atomic mass is 9.79. The summed E-state index contributed by atoms with van der Waals surface area (Å²) in [5.41, 5.74) is 0. The Morgan fingerprint density at radius 2 is 1.90 bits per heavy atom. The highest BCUT2D eigenvalue weighted by molar-refractivity contribution is 5.81. The summed E-state index contributed by atoms with van der Waals surface area (Å²) < 4.78 is 5.31. The highest BCUT2D eigenvalue weighted by Crippen LogP contribution is 2.30. The zero-order valence-electron chi connectivity index (χ0n) is 13.2. The van der Waals surface area contributed by atoms with Crippen LogP contribution in [0.5, 0.6) is 0 Å². The van der Waals surface area contributed by atoms with Crippen LogP contribution in [0.25, 0.3) is 0 Å². The van der Waals surface area contributed by atoms with Crippen LogP contribution < -0.4 is 5.32 Å². The molecule has 0 aromatic carbocycles. The molecule has 3 unspecified atom stereocenters. The van der Waals surface area contributed by atoms with E-state index in [2.05, 4.69) is 19.2 Å². The Bertz CT molecular complexity index is 314. The van der Waals surface area contributed by atoms with Gasteiger partial charge in [0, 0.05) is 19.1 Å². The van der Waals surface area contributed by atoms with Crippen LogP contribution >= 0.6 is 0 Å². The molecule has 1 N–H and O–H groups in total. The van der Waals surface area contributed by atoms with Crippen molar-refractivity contribution in [3.8, 4) is 0 Å². The zero-order chi connectivity index (χ0) is 14.5. The van der Waals surface area contributed by atoms with Gasteiger partial charge in [-0.1, -0.05) is 26.7 Å². The first-order chi connectivity index (χ1) is 9.58. The van der Waals surface area contributed by atoms with E-state index in [-0.39, 0.29) is 11.9 Å². The summed E-state index contributed by atoms with van der Waals surface area (Å²) >= 11 is 0. The average Bonchev–Trinajstić information content (AvgIpc) is 2.47. The van der Waals surface area contributed by atoms with Crippen molar-refractivity contribution in [3.63, 3.8) is 0 Å². The number of carbonyl (C=O) groups excluding carboxylic acids is 1. The van der Waals surface area contributed by atoms with E-state index >= 15 is 0 Å². The van der Waals surface area contributed by atoms with Crippen LogP contribution in [0, 0.1) is 11.8 Å². The van der Waals surface area contributed by atoms with E-state index in [0.29, 0.717) is 19.3 Å². The maximum Gasteiger partial charge on any atom is 0.239 e. The predicted molar refractivity (Wildman–Crippen MR) is 80.6 cm³/mol. The van der Waals surface area contributed by atoms with E-state index in [0.717, 1.165) is 24.9 Å². The molecule has 0 bridgehead atoms. The van der Waals surface area contributed by atoms with Crippen LogP contribution in [0.1, 0.15) is 46.5 Å². The SMILES string of the molecule is CC(NC1CCCC(C(C)C)C1)C(=O)N1CCOCC1. The van der Waals surface area contributed by atoms with Crippen LogP contribution in [0.3, 0.4) is 0 Å². The topological polar surface area (TPSA) is 41.6 Å². The highest BCUT2D eigenvalue weighted by Gasteiger charge is 2.28. The Labute approximate surface area is 123 Å². The molecule has 1 amide bonds. The smallest absolute Gasteiger partial charge is 0.239 e. The number of hydrogen-bond donors (Lipinski definition) is 1. The second kappa shape index (κ2) is 7.41. The number of nitrogens with one attached hydrogen (secondary N) is 1. The molecule has 4 nitrogen and oxygen atoms in total. The lowest BCUT2D eigenvalue weighted by molar-refractivity contribution is -0.137. The average molecular weight is 282 g/mol. The lowest BCUT2D eigenvalue weighted by Crippen LogP contribution is -2.52. The van der Waals surface area contributed by atoms with Crippen molar-refractivity contribution >= 4 is 5.91 Å². The Kier molecular flexibility index (Phi) is 5.85. The molecule has 1 aliphatic heterocycles. The molecule has 2 rings (SSSR count). The first kappa shape index (κ1) is 15.8. The number of amides is 1. The van der Waals surface area contributed by atoms with Gasteiger partial charge in [0.05, 0.1) is 19.3 Å². The number of hydrogen-bond acceptors (Lipinski definition) is 3. The van der Waals surface area contributed by atoms with Crippen LogP contribution in [-0.4, -0.2) is 49.2 Å². The number of nitrogens with zero attached hydrogens (tertiary/aromatic N) is 1. The summed E-state index contributed by atoms with van der Waals surface area (Å²) in [7, 11) is 0. The third-order valence-corrected chi connectivity index (χ3v) is 4.84. The molecular weight excluding hydrogens is 252 g/mol. The summed E-state index contributed by atoms with van der Waals surface area (Å²) in [6, 6.07) is 0.445. The number of morpholine rings is 1. The highest BCUT2D eigenvalue weighted by atomic mass is 16.5. The second-order valence-electron chi connectivity index (χ2n) is 6.69. The van der Waals surface area contributed by atoms with Crippen molar-refractivity contribution in [2.75, 3.05) is 26.3 Å². The van der Waals surface area contributed by atoms with Crippen LogP contribution in [-0.2, 0) is 9.53 Å². The van der Waals surface area contributed by atoms with Crippen LogP contribution in [0.4, 0.5) is 0 Å². The van der Waals surface area contributed by atoms with Gasteiger partial charge in [0.15, 0.2) is 0 Å². The molecule has 1 saturated carbocycles. The molecule has 0 aromatic heterocycles. The van der Waals surface area contributed by atoms with Crippen molar-refractivity contribution in [1.29, 1.82) is 0 Å². The molecule has 1 aliphatic carbocycles. The first-order valence-corrected chi connectivity index (χ1v) is 8.20. The van der Waals surface area contributed by atoms with Crippen molar-refractivity contribution < 1.29 is 9.53 Å². The maximum atomic E-state index is 12.4. The van der Waals surface area contributed by atoms with E-state index in [1.165, 1.54) is 25.7 Å². The summed E-state index contributed by atoms with van der Waals surface area (Å²) in [5, 5.41) is 3.57. The van der Waals surface area contributed by atoms with Gasteiger partial charge in [-0.15, -0.1) is 0 Å². The van der Waals surface area contributed by atoms with Gasteiger partial charge in [-0.05, 0) is 31.6 Å². The van der Waals surface area contributed by atoms with Gasteiger partial charge < -0.3 is 15.0 Å². The van der Waals surface area contributed by atoms with Crippen LogP contribution in [0.2, 0.25) is 0 Å². The number of ether oxygens (including phenoxy) is 1. The van der Waals surface area contributed by atoms with E-state index < -0.39 is 0 Å². The summed E-state index contributed by atoms with van der Waals surface area (Å²) in [6.07, 6.45) is 5.07. The van der Waals surface area contributed by atoms with Crippen molar-refractivity contribution in [1.82, 2.24) is 10.2 Å². The van der Waals surface area contributed by atoms with Gasteiger partial charge in [-0.3, -0.25) is 4.79 Å². The minimum atomic E-state index is -0.0657. The Hall–Kier alpha value is -0.610. The normalized spacial score (nSPS) is 29.5. The van der Waals surface area contributed by atoms with Crippen molar-refractivity contribution in [3.05, 3.63) is 0 Å². The van der Waals surface area contributed by atoms with Crippen molar-refractivity contribution in [2.45, 2.75) is 58.5 Å². The third kappa shape index (κ3) is 4.19. The van der Waals surface area contributed by atoms with Gasteiger partial charge in [0.1, 0.15) is 0 Å². The van der Waals surface area contributed by atoms with E-state index in [9.17, 15) is 4.79 Å². The fourth-order valence-electron chi connectivity index (χ4n) is 3.47. The van der Waals surface area contributed by atoms with E-state index in [4.69, 9.17) is 4.74 Å². The molecular formula is C16H30N2O2. The molecule has 0 spiro atoms. The van der Waals surface area contributed by atoms with E-state index in [1.807, 2.05) is 11.8 Å². The molecule has 20 heavy (non-hydrogen) atoms. The Balaban J connectivity index is 1.80. The minimum absolute atomic E-state index is 0.0657. The predicted octanol–water partition coefficient (Wildman–Crippen LogP) is 2.04. The monoisotopic (exact) mass is 282 g/mol. The first-order valence-electron chi connectivity index (χ1n) is 8.20. The molecule has 3 atom stereocenters. The minimum Gasteiger partial charge on any atom is -0.378 e. The summed E-state index contributed by atoms with van der Waals surface area (Å²) in [5.74, 6) is 1.80. The fraction of sp³-hybridized carbons (Fsp3) is 0.938. The zero-order valence-corrected chi connectivity index (χ0v) is 13.2.